The number of halogens is 4. The lowest BCUT2D eigenvalue weighted by Crippen LogP contribution is -2.44. The number of benzene rings is 7. The minimum absolute atomic E-state index is 0.00651. The highest BCUT2D eigenvalue weighted by molar-refractivity contribution is 9.11. The van der Waals surface area contributed by atoms with Crippen molar-refractivity contribution in [3.05, 3.63) is 215 Å². The zero-order chi connectivity index (χ0) is 91.7. The van der Waals surface area contributed by atoms with Crippen molar-refractivity contribution in [3.8, 4) is 46.1 Å². The number of aromatic hydroxyl groups is 1. The fraction of sp³-hybridized carbons (Fsp3) is 0.436. The Kier molecular flexibility index (Phi) is 36.7. The zero-order valence-electron chi connectivity index (χ0n) is 72.6. The standard InChI is InChI=1S/C23H24N4O3.C16H20BrN3O3.C15H15BrN2O2.C14H15BrO3.C8H7BrO2.C7H6BNO2.C6H10O2.C5H11NSi/c1-25-18-7-3-5-15(11-18)16-8-9-20-19(12-16)23(26-22(24)27(2)30-23)13-21(29-20)17-6-4-10-28-14-17;1-20-15(18)19-16(23-20)8-14(10-3-2-6-21-9-10)22-13-5-4-11(17)7-12(13)16;16-11-3-4-14-12(6-11)13(18-9-17)7-15(20-14)10-2-1-5-19-8-10;15-10-3-4-13-11(6-10)12(16)7-14(18-13)9-2-1-5-17-8-9;1-5(10)7-4-6(9)2-3-8(7)11;1-9-7-4-2-3-6(5-7)8(10)11;7-4-6-2-1-3-8-5-6;1-5-6-7(2,3)4/h3,5,7-9,11-12,17,21H,4,6,10,13-14H2,2H3,(H2,24,26);4-5,7,10,14H,2-3,6,8-9H2,1H3,(H2,18,19);3-4,6,10,15H,1-2,5,7-8H2;3-4,6,9,14H,1-2,5,7-8H2;2-4,11H,1H3;2-5,10-11H;4,6H,1-3,5H2;1H2,2-4H3. The molecule has 11 aliphatic heterocycles. The van der Waals surface area contributed by atoms with Crippen molar-refractivity contribution in [2.75, 3.05) is 80.2 Å². The number of carbonyl (C=O) groups is 3. The van der Waals surface area contributed by atoms with Gasteiger partial charge in [-0.25, -0.2) is 39.5 Å². The van der Waals surface area contributed by atoms with Crippen molar-refractivity contribution >= 4 is 137 Å². The van der Waals surface area contributed by atoms with Crippen LogP contribution in [0.15, 0.2) is 184 Å². The van der Waals surface area contributed by atoms with Crippen LogP contribution in [0.1, 0.15) is 134 Å². The van der Waals surface area contributed by atoms with Crippen LogP contribution in [0.3, 0.4) is 0 Å². The number of rotatable bonds is 9. The first-order chi connectivity index (χ1) is 61.5. The summed E-state index contributed by atoms with van der Waals surface area (Å²) in [4.78, 5) is 65.4. The number of phenolic OH excluding ortho intramolecular Hbond substituents is 1. The van der Waals surface area contributed by atoms with Gasteiger partial charge in [0.05, 0.1) is 74.1 Å². The number of carbonyl (C=O) groups excluding carboxylic acids is 3. The van der Waals surface area contributed by atoms with E-state index < -0.39 is 26.8 Å². The van der Waals surface area contributed by atoms with Gasteiger partial charge >= 0.3 is 7.12 Å². The lowest BCUT2D eigenvalue weighted by atomic mass is 9.80. The van der Waals surface area contributed by atoms with Crippen LogP contribution in [-0.4, -0.2) is 187 Å². The van der Waals surface area contributed by atoms with Gasteiger partial charge in [0.1, 0.15) is 59.4 Å². The smallest absolute Gasteiger partial charge is 0.487 e. The van der Waals surface area contributed by atoms with E-state index in [0.29, 0.717) is 115 Å². The number of fused-ring (bicyclic) bond motifs is 6. The molecule has 0 bridgehead atoms. The van der Waals surface area contributed by atoms with Gasteiger partial charge in [-0.05, 0) is 211 Å². The van der Waals surface area contributed by atoms with Gasteiger partial charge in [0.2, 0.25) is 29.6 Å². The third kappa shape index (κ3) is 27.3. The van der Waals surface area contributed by atoms with Gasteiger partial charge in [-0.15, -0.1) is 0 Å². The molecule has 5 saturated heterocycles. The average Bonchev–Trinajstić information content (AvgIpc) is 1.53. The number of hydroxylamine groups is 4. The molecule has 0 aromatic heterocycles. The summed E-state index contributed by atoms with van der Waals surface area (Å²) in [5.74, 6) is 7.99. The zero-order valence-corrected chi connectivity index (χ0v) is 79.9. The predicted octanol–water partition coefficient (Wildman–Crippen LogP) is 17.3. The van der Waals surface area contributed by atoms with Crippen molar-refractivity contribution in [2.45, 2.75) is 152 Å². The number of nitriles is 1. The van der Waals surface area contributed by atoms with Crippen LogP contribution in [-0.2, 0) is 49.6 Å². The van der Waals surface area contributed by atoms with Crippen LogP contribution in [0, 0.1) is 54.2 Å². The van der Waals surface area contributed by atoms with Crippen LogP contribution < -0.4 is 35.9 Å². The highest BCUT2D eigenvalue weighted by atomic mass is 79.9. The minimum Gasteiger partial charge on any atom is -0.507 e. The van der Waals surface area contributed by atoms with E-state index in [0.717, 1.165) is 185 Å². The minimum atomic E-state index is -1.49. The van der Waals surface area contributed by atoms with Gasteiger partial charge in [0, 0.05) is 126 Å². The number of hydrogen-bond donors (Lipinski definition) is 5. The van der Waals surface area contributed by atoms with Crippen LogP contribution in [0.4, 0.5) is 11.4 Å². The van der Waals surface area contributed by atoms with Gasteiger partial charge in [0.25, 0.3) is 0 Å². The van der Waals surface area contributed by atoms with E-state index in [4.69, 9.17) is 102 Å². The van der Waals surface area contributed by atoms with E-state index in [2.05, 4.69) is 120 Å². The molecule has 7 N–H and O–H groups in total. The fourth-order valence-electron chi connectivity index (χ4n) is 16.2. The number of nitrogens with zero attached hydrogens (tertiary/aromatic N) is 9. The summed E-state index contributed by atoms with van der Waals surface area (Å²) in [6, 6.07) is 42.0. The summed E-state index contributed by atoms with van der Waals surface area (Å²) in [6.45, 7) is 32.8. The molecule has 28 nitrogen and oxygen atoms in total. The maximum absolute atomic E-state index is 12.1. The molecule has 7 aromatic rings. The SMILES string of the molecule is C=C=N[Si](C)(C)C.CC(=O)c1cc(Br)ccc1O.CN1OC2(CC(C3CCCOC3)Oc3ccc(Br)cc32)N=C1N.N#CN=C1CC(C2CCCOC2)Oc2ccc(Br)cc21.O=C1CC(C2CCCOC2)Oc2ccc(Br)cc21.O=CC1CCCOC1.[C-]#[N+]c1cccc(-c2ccc3c(c2)C2(CC(C4CCCOC4)O3)N=C(N)N(C)O2)c1.[C-]#[N+]c1cccc(B(O)O)c1. The quantitative estimate of drug-likeness (QED) is 0.0224. The van der Waals surface area contributed by atoms with Crippen molar-refractivity contribution < 1.29 is 81.8 Å². The molecule has 11 atom stereocenters. The molecule has 0 aliphatic carbocycles. The molecule has 2 spiro atoms. The van der Waals surface area contributed by atoms with Gasteiger partial charge in [-0.2, -0.15) is 10.3 Å². The van der Waals surface area contributed by atoms with Crippen molar-refractivity contribution in [2.24, 2.45) is 60.7 Å². The second-order valence-electron chi connectivity index (χ2n) is 33.3. The van der Waals surface area contributed by atoms with Crippen molar-refractivity contribution in [1.29, 1.82) is 5.26 Å². The summed E-state index contributed by atoms with van der Waals surface area (Å²) in [6.07, 6.45) is 15.9. The molecule has 11 unspecified atom stereocenters. The summed E-state index contributed by atoms with van der Waals surface area (Å²) in [5.41, 5.74) is 18.2. The third-order valence-electron chi connectivity index (χ3n) is 22.7. The Morgan fingerprint density at radius 3 is 1.46 bits per heavy atom. The van der Waals surface area contributed by atoms with E-state index in [1.807, 2.05) is 97.2 Å². The summed E-state index contributed by atoms with van der Waals surface area (Å²) < 4.78 is 59.9. The maximum Gasteiger partial charge on any atom is 0.487 e. The molecule has 0 amide bonds. The van der Waals surface area contributed by atoms with E-state index in [9.17, 15) is 14.4 Å². The van der Waals surface area contributed by atoms with Gasteiger partial charge in [-0.3, -0.25) is 14.2 Å². The maximum atomic E-state index is 12.1. The normalized spacial score (nSPS) is 24.7. The topological polar surface area (TPSA) is 354 Å². The molecule has 128 heavy (non-hydrogen) atoms. The van der Waals surface area contributed by atoms with Gasteiger partial charge < -0.3 is 74.0 Å². The molecule has 11 heterocycles. The van der Waals surface area contributed by atoms with Crippen molar-refractivity contribution in [1.82, 2.24) is 10.1 Å². The molecular weight excluding hydrogens is 1910 g/mol. The molecule has 676 valence electrons. The van der Waals surface area contributed by atoms with Gasteiger partial charge in [-0.1, -0.05) is 112 Å². The molecule has 34 heteroatoms. The number of hydrogen-bond acceptors (Lipinski definition) is 26. The van der Waals surface area contributed by atoms with Crippen molar-refractivity contribution in [3.63, 3.8) is 0 Å². The number of Topliss-reactive ketones (excluding diaryl/α,β-unsaturated/α-hetero) is 2. The number of ketones is 2. The number of aldehydes is 1. The predicted molar refractivity (Wildman–Crippen MR) is 506 cm³/mol. The Labute approximate surface area is 782 Å². The Bertz CT molecular complexity index is 5290. The lowest BCUT2D eigenvalue weighted by Gasteiger charge is -2.41. The summed E-state index contributed by atoms with van der Waals surface area (Å²) in [7, 11) is 0.851. The first kappa shape index (κ1) is 99.1. The lowest BCUT2D eigenvalue weighted by molar-refractivity contribution is -0.197. The number of nitrogens with two attached hydrogens (primary N) is 2. The first-order valence-corrected chi connectivity index (χ1v) is 49.3. The Balaban J connectivity index is 0.000000148. The van der Waals surface area contributed by atoms with Gasteiger partial charge in [0.15, 0.2) is 31.2 Å². The monoisotopic (exact) mass is 2020 g/mol. The highest BCUT2D eigenvalue weighted by Crippen LogP contribution is 2.51. The molecule has 5 fully saturated rings. The molecular formula is C94H108BBr4N11O17Si. The average molecular weight is 2020 g/mol. The number of ether oxygens (including phenoxy) is 9. The Morgan fingerprint density at radius 2 is 1.02 bits per heavy atom. The third-order valence-corrected chi connectivity index (χ3v) is 25.5. The number of phenols is 1. The Hall–Kier alpha value is -9.48. The van der Waals surface area contributed by atoms with Crippen LogP contribution in [0.25, 0.3) is 20.8 Å². The molecule has 0 radical (unpaired) electrons. The van der Waals surface area contributed by atoms with Crippen LogP contribution >= 0.6 is 63.7 Å². The molecule has 18 rings (SSSR count). The van der Waals surface area contributed by atoms with E-state index in [1.165, 1.54) is 29.2 Å². The second kappa shape index (κ2) is 47.4. The fourth-order valence-corrected chi connectivity index (χ4v) is 18.1. The number of guanidine groups is 2. The first-order valence-electron chi connectivity index (χ1n) is 42.7. The largest absolute Gasteiger partial charge is 0.507 e. The van der Waals surface area contributed by atoms with E-state index >= 15 is 0 Å². The molecule has 7 aromatic carbocycles. The molecule has 0 saturated carbocycles. The molecule has 11 aliphatic rings. The van der Waals surface area contributed by atoms with Crippen LogP contribution in [0.2, 0.25) is 19.6 Å². The highest BCUT2D eigenvalue weighted by Gasteiger charge is 2.52. The summed E-state index contributed by atoms with van der Waals surface area (Å²) >= 11 is 13.5. The number of aliphatic imine (C=N–C) groups is 3. The second-order valence-corrected chi connectivity index (χ2v) is 41.5. The summed E-state index contributed by atoms with van der Waals surface area (Å²) in [5, 5.41) is 38.5. The van der Waals surface area contributed by atoms with Crippen LogP contribution in [0.5, 0.6) is 28.7 Å². The van der Waals surface area contributed by atoms with E-state index in [-0.39, 0.29) is 47.6 Å². The Morgan fingerprint density at radius 1 is 0.586 bits per heavy atom. The van der Waals surface area contributed by atoms with E-state index in [1.54, 1.807) is 50.5 Å².